The normalized spacial score (nSPS) is 21.1. The minimum Gasteiger partial charge on any atom is -0.378 e. The number of hydrogen-bond acceptors (Lipinski definition) is 6. The average molecular weight is 365 g/mol. The number of hydrogen-bond donors (Lipinski definition) is 1. The van der Waals surface area contributed by atoms with Crippen molar-refractivity contribution in [3.63, 3.8) is 0 Å². The molecular weight excluding hydrogens is 336 g/mol. The minimum atomic E-state index is -0.0976. The molecule has 7 heteroatoms. The molecule has 25 heavy (non-hydrogen) atoms. The lowest BCUT2D eigenvalue weighted by Gasteiger charge is -2.34. The largest absolute Gasteiger partial charge is 0.378 e. The molecule has 1 aliphatic rings. The predicted molar refractivity (Wildman–Crippen MR) is 102 cm³/mol. The maximum atomic E-state index is 12.2. The van der Waals surface area contributed by atoms with Gasteiger partial charge in [-0.1, -0.05) is 51.4 Å². The molecule has 138 valence electrons. The van der Waals surface area contributed by atoms with E-state index in [-0.39, 0.29) is 5.56 Å². The first-order chi connectivity index (χ1) is 12.1. The van der Waals surface area contributed by atoms with Gasteiger partial charge in [-0.2, -0.15) is 4.52 Å². The van der Waals surface area contributed by atoms with E-state index in [2.05, 4.69) is 36.2 Å². The van der Waals surface area contributed by atoms with Crippen LogP contribution in [0.15, 0.2) is 10.9 Å². The Bertz CT molecular complexity index is 753. The van der Waals surface area contributed by atoms with Crippen molar-refractivity contribution in [1.29, 1.82) is 0 Å². The van der Waals surface area contributed by atoms with Crippen molar-refractivity contribution < 1.29 is 4.74 Å². The molecule has 2 unspecified atom stereocenters. The highest BCUT2D eigenvalue weighted by molar-refractivity contribution is 7.20. The van der Waals surface area contributed by atoms with Gasteiger partial charge >= 0.3 is 0 Å². The lowest BCUT2D eigenvalue weighted by atomic mass is 9.89. The number of aryl methyl sites for hydroxylation is 1. The Labute approximate surface area is 152 Å². The van der Waals surface area contributed by atoms with E-state index >= 15 is 0 Å². The molecule has 0 aliphatic carbocycles. The summed E-state index contributed by atoms with van der Waals surface area (Å²) in [4.78, 5) is 17.5. The lowest BCUT2D eigenvalue weighted by molar-refractivity contribution is -0.0271. The van der Waals surface area contributed by atoms with Gasteiger partial charge in [-0.15, -0.1) is 5.10 Å². The van der Waals surface area contributed by atoms with Crippen molar-refractivity contribution in [2.45, 2.75) is 71.4 Å². The molecule has 1 aliphatic heterocycles. The van der Waals surface area contributed by atoms with Gasteiger partial charge in [0.25, 0.3) is 5.56 Å². The summed E-state index contributed by atoms with van der Waals surface area (Å²) in [6.07, 6.45) is 6.37. The van der Waals surface area contributed by atoms with Gasteiger partial charge in [-0.3, -0.25) is 4.79 Å². The maximum absolute atomic E-state index is 12.2. The second-order valence-electron chi connectivity index (χ2n) is 6.79. The predicted octanol–water partition coefficient (Wildman–Crippen LogP) is 3.50. The van der Waals surface area contributed by atoms with E-state index in [1.54, 1.807) is 6.07 Å². The first kappa shape index (κ1) is 18.3. The second kappa shape index (κ2) is 8.27. The molecular formula is C18H28N4O2S. The first-order valence-electron chi connectivity index (χ1n) is 9.42. The highest BCUT2D eigenvalue weighted by Crippen LogP contribution is 2.28. The summed E-state index contributed by atoms with van der Waals surface area (Å²) in [5.74, 6) is 0.612. The van der Waals surface area contributed by atoms with Crippen molar-refractivity contribution in [3.8, 4) is 0 Å². The van der Waals surface area contributed by atoms with Gasteiger partial charge in [0.05, 0.1) is 6.10 Å². The number of anilines is 1. The number of nitrogens with one attached hydrogen (secondary N) is 1. The van der Waals surface area contributed by atoms with Crippen molar-refractivity contribution in [1.82, 2.24) is 14.6 Å². The van der Waals surface area contributed by atoms with Crippen molar-refractivity contribution in [2.75, 3.05) is 11.9 Å². The Morgan fingerprint density at radius 3 is 2.92 bits per heavy atom. The van der Waals surface area contributed by atoms with Gasteiger partial charge in [0.15, 0.2) is 0 Å². The molecule has 0 aromatic carbocycles. The molecule has 0 amide bonds. The first-order valence-corrected chi connectivity index (χ1v) is 10.2. The summed E-state index contributed by atoms with van der Waals surface area (Å²) in [5.41, 5.74) is 0.752. The van der Waals surface area contributed by atoms with Crippen LogP contribution in [-0.4, -0.2) is 33.4 Å². The standard InChI is InChI=1S/C18H28N4O2S/c1-4-7-13-11-16(23)22-18(20-13)25-17(21-22)19-14-8-9-24-15(10-14)12(5-2)6-3/h11-12,14-15H,4-10H2,1-3H3,(H,19,21). The van der Waals surface area contributed by atoms with Crippen LogP contribution < -0.4 is 10.9 Å². The van der Waals surface area contributed by atoms with E-state index in [0.717, 1.165) is 56.0 Å². The Morgan fingerprint density at radius 1 is 1.40 bits per heavy atom. The van der Waals surface area contributed by atoms with Crippen molar-refractivity contribution >= 4 is 21.4 Å². The molecule has 0 radical (unpaired) electrons. The number of ether oxygens (including phenoxy) is 1. The van der Waals surface area contributed by atoms with Crippen LogP contribution >= 0.6 is 11.3 Å². The number of rotatable bonds is 7. The Hall–Kier alpha value is -1.47. The summed E-state index contributed by atoms with van der Waals surface area (Å²) in [7, 11) is 0. The van der Waals surface area contributed by atoms with Crippen LogP contribution in [0.5, 0.6) is 0 Å². The van der Waals surface area contributed by atoms with Crippen LogP contribution in [0.4, 0.5) is 5.13 Å². The Balaban J connectivity index is 1.74. The Morgan fingerprint density at radius 2 is 2.20 bits per heavy atom. The summed E-state index contributed by atoms with van der Waals surface area (Å²) in [5, 5.41) is 8.71. The van der Waals surface area contributed by atoms with Crippen LogP contribution in [0.2, 0.25) is 0 Å². The summed E-state index contributed by atoms with van der Waals surface area (Å²) in [6.45, 7) is 7.33. The van der Waals surface area contributed by atoms with E-state index in [9.17, 15) is 4.79 Å². The second-order valence-corrected chi connectivity index (χ2v) is 7.74. The zero-order valence-corrected chi connectivity index (χ0v) is 16.1. The number of aromatic nitrogens is 3. The van der Waals surface area contributed by atoms with E-state index in [0.29, 0.717) is 23.0 Å². The molecule has 1 N–H and O–H groups in total. The third-order valence-electron chi connectivity index (χ3n) is 5.02. The lowest BCUT2D eigenvalue weighted by Crippen LogP contribution is -2.37. The fourth-order valence-electron chi connectivity index (χ4n) is 3.58. The molecule has 0 spiro atoms. The SMILES string of the molecule is CCCc1cc(=O)n2nc(NC3CCOC(C(CC)CC)C3)sc2n1. The summed E-state index contributed by atoms with van der Waals surface area (Å²) in [6, 6.07) is 1.93. The van der Waals surface area contributed by atoms with Crippen LogP contribution in [0.25, 0.3) is 4.96 Å². The van der Waals surface area contributed by atoms with Crippen LogP contribution in [-0.2, 0) is 11.2 Å². The molecule has 3 rings (SSSR count). The number of fused-ring (bicyclic) bond motifs is 1. The molecule has 2 aromatic rings. The third kappa shape index (κ3) is 4.20. The molecule has 1 fully saturated rings. The fraction of sp³-hybridized carbons (Fsp3) is 0.722. The fourth-order valence-corrected chi connectivity index (χ4v) is 4.48. The zero-order valence-electron chi connectivity index (χ0n) is 15.3. The highest BCUT2D eigenvalue weighted by Gasteiger charge is 2.28. The van der Waals surface area contributed by atoms with Gasteiger partial charge < -0.3 is 10.1 Å². The van der Waals surface area contributed by atoms with Gasteiger partial charge in [-0.05, 0) is 25.2 Å². The molecule has 2 atom stereocenters. The highest BCUT2D eigenvalue weighted by atomic mass is 32.1. The smallest absolute Gasteiger partial charge is 0.275 e. The van der Waals surface area contributed by atoms with Crippen LogP contribution in [0.1, 0.15) is 58.6 Å². The quantitative estimate of drug-likeness (QED) is 0.814. The molecule has 1 saturated heterocycles. The van der Waals surface area contributed by atoms with Gasteiger partial charge in [0, 0.05) is 24.4 Å². The van der Waals surface area contributed by atoms with Crippen LogP contribution in [0.3, 0.4) is 0 Å². The number of nitrogens with zero attached hydrogens (tertiary/aromatic N) is 3. The molecule has 0 bridgehead atoms. The van der Waals surface area contributed by atoms with Crippen molar-refractivity contribution in [2.24, 2.45) is 5.92 Å². The van der Waals surface area contributed by atoms with Crippen molar-refractivity contribution in [3.05, 3.63) is 22.1 Å². The third-order valence-corrected chi connectivity index (χ3v) is 5.86. The average Bonchev–Trinajstić information content (AvgIpc) is 3.00. The minimum absolute atomic E-state index is 0.0976. The zero-order chi connectivity index (χ0) is 17.8. The van der Waals surface area contributed by atoms with E-state index < -0.39 is 0 Å². The maximum Gasteiger partial charge on any atom is 0.275 e. The molecule has 0 saturated carbocycles. The summed E-state index contributed by atoms with van der Waals surface area (Å²) < 4.78 is 7.39. The van der Waals surface area contributed by atoms with Gasteiger partial charge in [0.2, 0.25) is 10.1 Å². The molecule has 2 aromatic heterocycles. The van der Waals surface area contributed by atoms with E-state index in [1.165, 1.54) is 15.9 Å². The van der Waals surface area contributed by atoms with Gasteiger partial charge in [0.1, 0.15) is 0 Å². The van der Waals surface area contributed by atoms with E-state index in [1.807, 2.05) is 0 Å². The molecule has 6 nitrogen and oxygen atoms in total. The Kier molecular flexibility index (Phi) is 6.06. The van der Waals surface area contributed by atoms with Crippen LogP contribution in [0, 0.1) is 5.92 Å². The monoisotopic (exact) mass is 364 g/mol. The van der Waals surface area contributed by atoms with Gasteiger partial charge in [-0.25, -0.2) is 4.98 Å². The molecule has 3 heterocycles. The summed E-state index contributed by atoms with van der Waals surface area (Å²) >= 11 is 1.46. The topological polar surface area (TPSA) is 68.5 Å². The van der Waals surface area contributed by atoms with E-state index in [4.69, 9.17) is 4.74 Å².